The predicted octanol–water partition coefficient (Wildman–Crippen LogP) is 4.18. The molecule has 4 rings (SSSR count). The van der Waals surface area contributed by atoms with Gasteiger partial charge >= 0.3 is 6.36 Å². The molecule has 0 saturated carbocycles. The standard InChI is InChI=1S/C22H23F3N2O3/c23-22(24,25)30-18-6-3-16(4-7-18)17-5-8-20-19(15-17)21(28)27(13-14-29-20)12-11-26-9-1-2-10-26/h3-8,15H,1-2,9-14H2. The summed E-state index contributed by atoms with van der Waals surface area (Å²) in [5.41, 5.74) is 1.89. The van der Waals surface area contributed by atoms with E-state index in [4.69, 9.17) is 4.74 Å². The minimum atomic E-state index is -4.73. The van der Waals surface area contributed by atoms with Crippen LogP contribution in [0.3, 0.4) is 0 Å². The molecule has 1 amide bonds. The van der Waals surface area contributed by atoms with E-state index in [1.165, 1.54) is 37.1 Å². The Morgan fingerprint density at radius 2 is 1.63 bits per heavy atom. The largest absolute Gasteiger partial charge is 0.573 e. The van der Waals surface area contributed by atoms with Crippen molar-refractivity contribution in [2.45, 2.75) is 19.2 Å². The van der Waals surface area contributed by atoms with E-state index in [-0.39, 0.29) is 11.7 Å². The van der Waals surface area contributed by atoms with Gasteiger partial charge in [0.15, 0.2) is 0 Å². The maximum atomic E-state index is 13.1. The fourth-order valence-electron chi connectivity index (χ4n) is 3.87. The van der Waals surface area contributed by atoms with E-state index >= 15 is 0 Å². The average Bonchev–Trinajstić information content (AvgIpc) is 3.18. The molecule has 0 bridgehead atoms. The summed E-state index contributed by atoms with van der Waals surface area (Å²) in [5, 5.41) is 0. The van der Waals surface area contributed by atoms with Crippen LogP contribution >= 0.6 is 0 Å². The first-order valence-corrected chi connectivity index (χ1v) is 10.0. The number of hydrogen-bond acceptors (Lipinski definition) is 4. The first kappa shape index (κ1) is 20.5. The highest BCUT2D eigenvalue weighted by Crippen LogP contribution is 2.31. The highest BCUT2D eigenvalue weighted by molar-refractivity contribution is 5.98. The normalized spacial score (nSPS) is 17.4. The van der Waals surface area contributed by atoms with Gasteiger partial charge in [-0.15, -0.1) is 13.2 Å². The van der Waals surface area contributed by atoms with Crippen molar-refractivity contribution in [2.24, 2.45) is 0 Å². The number of hydrogen-bond donors (Lipinski definition) is 0. The Kier molecular flexibility index (Phi) is 5.85. The lowest BCUT2D eigenvalue weighted by Crippen LogP contribution is -2.38. The van der Waals surface area contributed by atoms with Gasteiger partial charge in [0.25, 0.3) is 5.91 Å². The van der Waals surface area contributed by atoms with Crippen molar-refractivity contribution in [1.82, 2.24) is 9.80 Å². The maximum Gasteiger partial charge on any atom is 0.573 e. The van der Waals surface area contributed by atoms with E-state index in [1.54, 1.807) is 18.2 Å². The molecule has 2 heterocycles. The van der Waals surface area contributed by atoms with Crippen molar-refractivity contribution < 1.29 is 27.4 Å². The third-order valence-corrected chi connectivity index (χ3v) is 5.42. The molecule has 0 spiro atoms. The van der Waals surface area contributed by atoms with Gasteiger partial charge in [0.1, 0.15) is 18.1 Å². The lowest BCUT2D eigenvalue weighted by atomic mass is 10.0. The van der Waals surface area contributed by atoms with Crippen LogP contribution in [0.4, 0.5) is 13.2 Å². The Labute approximate surface area is 173 Å². The minimum Gasteiger partial charge on any atom is -0.491 e. The second-order valence-corrected chi connectivity index (χ2v) is 7.47. The summed E-state index contributed by atoms with van der Waals surface area (Å²) in [6.45, 7) is 4.61. The minimum absolute atomic E-state index is 0.0828. The second kappa shape index (κ2) is 8.55. The van der Waals surface area contributed by atoms with Gasteiger partial charge in [0.05, 0.1) is 12.1 Å². The second-order valence-electron chi connectivity index (χ2n) is 7.47. The maximum absolute atomic E-state index is 13.1. The summed E-state index contributed by atoms with van der Waals surface area (Å²) in [4.78, 5) is 17.3. The Morgan fingerprint density at radius 1 is 0.933 bits per heavy atom. The Balaban J connectivity index is 1.51. The van der Waals surface area contributed by atoms with E-state index < -0.39 is 6.36 Å². The van der Waals surface area contributed by atoms with Crippen LogP contribution in [-0.2, 0) is 0 Å². The molecule has 2 aromatic rings. The molecule has 0 radical (unpaired) electrons. The smallest absolute Gasteiger partial charge is 0.491 e. The third kappa shape index (κ3) is 4.87. The fraction of sp³-hybridized carbons (Fsp3) is 0.409. The van der Waals surface area contributed by atoms with Gasteiger partial charge in [-0.1, -0.05) is 18.2 Å². The molecule has 2 aromatic carbocycles. The summed E-state index contributed by atoms with van der Waals surface area (Å²) >= 11 is 0. The number of amides is 1. The van der Waals surface area contributed by atoms with Crippen molar-refractivity contribution in [1.29, 1.82) is 0 Å². The van der Waals surface area contributed by atoms with Gasteiger partial charge in [-0.3, -0.25) is 4.79 Å². The number of halogens is 3. The Morgan fingerprint density at radius 3 is 2.33 bits per heavy atom. The number of benzene rings is 2. The molecule has 0 aliphatic carbocycles. The molecule has 1 fully saturated rings. The predicted molar refractivity (Wildman–Crippen MR) is 106 cm³/mol. The van der Waals surface area contributed by atoms with Crippen LogP contribution in [0.1, 0.15) is 23.2 Å². The number of rotatable bonds is 5. The molecule has 0 unspecified atom stereocenters. The molecule has 2 aliphatic rings. The molecular weight excluding hydrogens is 397 g/mol. The van der Waals surface area contributed by atoms with Crippen molar-refractivity contribution in [2.75, 3.05) is 39.3 Å². The van der Waals surface area contributed by atoms with Crippen molar-refractivity contribution >= 4 is 5.91 Å². The number of alkyl halides is 3. The SMILES string of the molecule is O=C1c2cc(-c3ccc(OC(F)(F)F)cc3)ccc2OCCN1CCN1CCCC1. The zero-order valence-electron chi connectivity index (χ0n) is 16.5. The van der Waals surface area contributed by atoms with Crippen molar-refractivity contribution in [3.05, 3.63) is 48.0 Å². The Hall–Kier alpha value is -2.74. The molecule has 1 saturated heterocycles. The molecule has 30 heavy (non-hydrogen) atoms. The van der Waals surface area contributed by atoms with Gasteiger partial charge < -0.3 is 19.3 Å². The van der Waals surface area contributed by atoms with Crippen LogP contribution in [0.2, 0.25) is 0 Å². The van der Waals surface area contributed by atoms with Gasteiger partial charge in [-0.05, 0) is 61.3 Å². The molecule has 0 atom stereocenters. The van der Waals surface area contributed by atoms with E-state index in [9.17, 15) is 18.0 Å². The van der Waals surface area contributed by atoms with Gasteiger partial charge in [-0.25, -0.2) is 0 Å². The van der Waals surface area contributed by atoms with E-state index in [0.29, 0.717) is 36.6 Å². The number of fused-ring (bicyclic) bond motifs is 1. The van der Waals surface area contributed by atoms with Crippen LogP contribution < -0.4 is 9.47 Å². The Bertz CT molecular complexity index is 893. The van der Waals surface area contributed by atoms with Crippen molar-refractivity contribution in [3.8, 4) is 22.6 Å². The number of carbonyl (C=O) groups is 1. The van der Waals surface area contributed by atoms with Crippen LogP contribution in [0.5, 0.6) is 11.5 Å². The van der Waals surface area contributed by atoms with Crippen LogP contribution in [0, 0.1) is 0 Å². The number of carbonyl (C=O) groups excluding carboxylic acids is 1. The highest BCUT2D eigenvalue weighted by atomic mass is 19.4. The molecule has 5 nitrogen and oxygen atoms in total. The summed E-state index contributed by atoms with van der Waals surface area (Å²) < 4.78 is 46.7. The lowest BCUT2D eigenvalue weighted by molar-refractivity contribution is -0.274. The van der Waals surface area contributed by atoms with Crippen LogP contribution in [0.25, 0.3) is 11.1 Å². The van der Waals surface area contributed by atoms with Crippen LogP contribution in [0.15, 0.2) is 42.5 Å². The number of nitrogens with zero attached hydrogens (tertiary/aromatic N) is 2. The summed E-state index contributed by atoms with van der Waals surface area (Å²) in [6.07, 6.45) is -2.32. The van der Waals surface area contributed by atoms with Gasteiger partial charge in [0.2, 0.25) is 0 Å². The first-order valence-electron chi connectivity index (χ1n) is 10.0. The molecular formula is C22H23F3N2O3. The number of likely N-dealkylation sites (tertiary alicyclic amines) is 1. The molecule has 2 aliphatic heterocycles. The summed E-state index contributed by atoms with van der Waals surface area (Å²) in [6, 6.07) is 10.9. The van der Waals surface area contributed by atoms with Gasteiger partial charge in [0, 0.05) is 13.1 Å². The topological polar surface area (TPSA) is 42.0 Å². The van der Waals surface area contributed by atoms with E-state index in [2.05, 4.69) is 9.64 Å². The molecule has 8 heteroatoms. The average molecular weight is 420 g/mol. The zero-order chi connectivity index (χ0) is 21.1. The lowest BCUT2D eigenvalue weighted by Gasteiger charge is -2.23. The highest BCUT2D eigenvalue weighted by Gasteiger charge is 2.31. The van der Waals surface area contributed by atoms with Crippen LogP contribution in [-0.4, -0.2) is 61.4 Å². The van der Waals surface area contributed by atoms with E-state index in [1.807, 2.05) is 4.90 Å². The zero-order valence-corrected chi connectivity index (χ0v) is 16.5. The summed E-state index contributed by atoms with van der Waals surface area (Å²) in [5.74, 6) is 0.165. The number of ether oxygens (including phenoxy) is 2. The first-order chi connectivity index (χ1) is 14.4. The van der Waals surface area contributed by atoms with E-state index in [0.717, 1.165) is 25.2 Å². The summed E-state index contributed by atoms with van der Waals surface area (Å²) in [7, 11) is 0. The monoisotopic (exact) mass is 420 g/mol. The molecule has 0 aromatic heterocycles. The molecule has 160 valence electrons. The fourth-order valence-corrected chi connectivity index (χ4v) is 3.87. The molecule has 0 N–H and O–H groups in total. The third-order valence-electron chi connectivity index (χ3n) is 5.42. The van der Waals surface area contributed by atoms with Crippen molar-refractivity contribution in [3.63, 3.8) is 0 Å². The quantitative estimate of drug-likeness (QED) is 0.728. The van der Waals surface area contributed by atoms with Gasteiger partial charge in [-0.2, -0.15) is 0 Å².